The van der Waals surface area contributed by atoms with Crippen LogP contribution in [-0.2, 0) is 4.79 Å². The molecule has 0 atom stereocenters. The molecule has 0 bridgehead atoms. The van der Waals surface area contributed by atoms with E-state index in [1.54, 1.807) is 24.4 Å². The normalized spacial score (nSPS) is 10.1. The molecule has 1 N–H and O–H groups in total. The van der Waals surface area contributed by atoms with Crippen molar-refractivity contribution in [1.29, 1.82) is 0 Å². The number of halogens is 1. The number of hydrogen-bond acceptors (Lipinski definition) is 2. The van der Waals surface area contributed by atoms with E-state index in [0.29, 0.717) is 22.6 Å². The zero-order valence-corrected chi connectivity index (χ0v) is 7.95. The molecule has 70 valence electrons. The summed E-state index contributed by atoms with van der Waals surface area (Å²) >= 11 is 5.95. The molecular weight excluding hydrogens is 200 g/mol. The molecule has 0 aliphatic heterocycles. The Balaban J connectivity index is 2.74. The Labute approximate surface area is 85.7 Å². The molecule has 0 saturated heterocycles. The Morgan fingerprint density at radius 2 is 2.21 bits per heavy atom. The van der Waals surface area contributed by atoms with Gasteiger partial charge in [0.05, 0.1) is 16.2 Å². The van der Waals surface area contributed by atoms with Crippen LogP contribution in [0.1, 0.15) is 0 Å². The van der Waals surface area contributed by atoms with Crippen LogP contribution in [0.5, 0.6) is 0 Å². The van der Waals surface area contributed by atoms with Gasteiger partial charge in [-0.15, -0.1) is 0 Å². The molecule has 1 heterocycles. The van der Waals surface area contributed by atoms with Gasteiger partial charge < -0.3 is 5.32 Å². The summed E-state index contributed by atoms with van der Waals surface area (Å²) in [7, 11) is 0. The van der Waals surface area contributed by atoms with Gasteiger partial charge in [-0.25, -0.2) is 0 Å². The van der Waals surface area contributed by atoms with Crippen molar-refractivity contribution in [3.05, 3.63) is 35.5 Å². The molecule has 0 fully saturated rings. The van der Waals surface area contributed by atoms with Crippen molar-refractivity contribution in [1.82, 2.24) is 4.98 Å². The van der Waals surface area contributed by atoms with E-state index in [-0.39, 0.29) is 0 Å². The number of nitrogens with zero attached hydrogens (tertiary/aromatic N) is 1. The van der Waals surface area contributed by atoms with Gasteiger partial charge in [0, 0.05) is 11.6 Å². The van der Waals surface area contributed by atoms with Crippen LogP contribution in [0.3, 0.4) is 0 Å². The van der Waals surface area contributed by atoms with Gasteiger partial charge in [0.25, 0.3) is 0 Å². The summed E-state index contributed by atoms with van der Waals surface area (Å²) in [5.74, 6) is 0. The van der Waals surface area contributed by atoms with E-state index in [2.05, 4.69) is 10.3 Å². The number of pyridine rings is 1. The summed E-state index contributed by atoms with van der Waals surface area (Å²) in [4.78, 5) is 14.5. The number of fused-ring (bicyclic) bond motifs is 1. The van der Waals surface area contributed by atoms with E-state index in [4.69, 9.17) is 11.6 Å². The van der Waals surface area contributed by atoms with E-state index in [1.165, 1.54) is 0 Å². The Morgan fingerprint density at radius 1 is 1.36 bits per heavy atom. The topological polar surface area (TPSA) is 42.0 Å². The maximum atomic E-state index is 10.3. The molecule has 1 amide bonds. The molecule has 0 radical (unpaired) electrons. The maximum absolute atomic E-state index is 10.3. The molecule has 0 aliphatic carbocycles. The summed E-state index contributed by atoms with van der Waals surface area (Å²) in [6, 6.07) is 7.12. The van der Waals surface area contributed by atoms with E-state index in [1.807, 2.05) is 6.07 Å². The van der Waals surface area contributed by atoms with E-state index < -0.39 is 0 Å². The van der Waals surface area contributed by atoms with Gasteiger partial charge in [-0.3, -0.25) is 9.78 Å². The molecule has 2 aromatic rings. The summed E-state index contributed by atoms with van der Waals surface area (Å²) in [5, 5.41) is 4.02. The lowest BCUT2D eigenvalue weighted by Gasteiger charge is -2.04. The van der Waals surface area contributed by atoms with Crippen LogP contribution in [0.15, 0.2) is 30.5 Å². The van der Waals surface area contributed by atoms with E-state index >= 15 is 0 Å². The molecule has 0 saturated carbocycles. The second kappa shape index (κ2) is 3.64. The van der Waals surface area contributed by atoms with Crippen molar-refractivity contribution >= 4 is 34.6 Å². The monoisotopic (exact) mass is 206 g/mol. The third-order valence-corrected chi connectivity index (χ3v) is 2.24. The first-order valence-corrected chi connectivity index (χ1v) is 4.44. The zero-order valence-electron chi connectivity index (χ0n) is 7.20. The number of benzene rings is 1. The molecule has 1 aromatic carbocycles. The largest absolute Gasteiger partial charge is 0.328 e. The van der Waals surface area contributed by atoms with Crippen molar-refractivity contribution in [3.8, 4) is 0 Å². The Morgan fingerprint density at radius 3 is 3.00 bits per heavy atom. The van der Waals surface area contributed by atoms with Crippen LogP contribution in [0, 0.1) is 0 Å². The lowest BCUT2D eigenvalue weighted by Crippen LogP contribution is -1.95. The molecule has 0 unspecified atom stereocenters. The van der Waals surface area contributed by atoms with Crippen molar-refractivity contribution in [2.24, 2.45) is 0 Å². The molecular formula is C10H7ClN2O. The lowest BCUT2D eigenvalue weighted by atomic mass is 10.2. The van der Waals surface area contributed by atoms with Gasteiger partial charge in [0.15, 0.2) is 0 Å². The van der Waals surface area contributed by atoms with Crippen molar-refractivity contribution in [2.75, 3.05) is 5.32 Å². The number of amides is 1. The van der Waals surface area contributed by atoms with Crippen molar-refractivity contribution < 1.29 is 4.79 Å². The Kier molecular flexibility index (Phi) is 2.33. The molecule has 4 heteroatoms. The molecule has 3 nitrogen and oxygen atoms in total. The summed E-state index contributed by atoms with van der Waals surface area (Å²) in [6.07, 6.45) is 2.30. The summed E-state index contributed by atoms with van der Waals surface area (Å²) in [5.41, 5.74) is 1.41. The van der Waals surface area contributed by atoms with Gasteiger partial charge in [0.2, 0.25) is 6.41 Å². The highest BCUT2D eigenvalue weighted by Gasteiger charge is 2.03. The highest BCUT2D eigenvalue weighted by Crippen LogP contribution is 2.27. The number of anilines is 1. The van der Waals surface area contributed by atoms with Crippen molar-refractivity contribution in [3.63, 3.8) is 0 Å². The second-order valence-electron chi connectivity index (χ2n) is 2.76. The predicted octanol–water partition coefficient (Wildman–Crippen LogP) is 2.46. The summed E-state index contributed by atoms with van der Waals surface area (Å²) in [6.45, 7) is 0. The first-order chi connectivity index (χ1) is 6.83. The standard InChI is InChI=1S/C10H7ClN2O/c11-8-3-4-9(13-6-14)7-2-1-5-12-10(7)8/h1-6H,(H,13,14). The Bertz CT molecular complexity index is 485. The minimum atomic E-state index is 0.581. The SMILES string of the molecule is O=CNc1ccc(Cl)c2ncccc12. The maximum Gasteiger partial charge on any atom is 0.211 e. The smallest absolute Gasteiger partial charge is 0.211 e. The molecule has 0 spiro atoms. The van der Waals surface area contributed by atoms with Crippen LogP contribution in [0.4, 0.5) is 5.69 Å². The third kappa shape index (κ3) is 1.42. The highest BCUT2D eigenvalue weighted by atomic mass is 35.5. The number of rotatable bonds is 2. The second-order valence-corrected chi connectivity index (χ2v) is 3.16. The first-order valence-electron chi connectivity index (χ1n) is 4.06. The number of aromatic nitrogens is 1. The zero-order chi connectivity index (χ0) is 9.97. The quantitative estimate of drug-likeness (QED) is 0.767. The highest BCUT2D eigenvalue weighted by molar-refractivity contribution is 6.35. The fourth-order valence-electron chi connectivity index (χ4n) is 1.33. The number of hydrogen-bond donors (Lipinski definition) is 1. The summed E-state index contributed by atoms with van der Waals surface area (Å²) < 4.78 is 0. The van der Waals surface area contributed by atoms with Gasteiger partial charge in [-0.1, -0.05) is 11.6 Å². The number of carbonyl (C=O) groups is 1. The molecule has 14 heavy (non-hydrogen) atoms. The molecule has 1 aromatic heterocycles. The minimum absolute atomic E-state index is 0.581. The first kappa shape index (κ1) is 8.97. The number of nitrogens with one attached hydrogen (secondary N) is 1. The predicted molar refractivity (Wildman–Crippen MR) is 56.4 cm³/mol. The van der Waals surface area contributed by atoms with Crippen LogP contribution in [0.2, 0.25) is 5.02 Å². The number of carbonyl (C=O) groups excluding carboxylic acids is 1. The van der Waals surface area contributed by atoms with Crippen LogP contribution < -0.4 is 5.32 Å². The average molecular weight is 207 g/mol. The van der Waals surface area contributed by atoms with Crippen LogP contribution >= 0.6 is 11.6 Å². The van der Waals surface area contributed by atoms with Crippen LogP contribution in [0.25, 0.3) is 10.9 Å². The average Bonchev–Trinajstić information content (AvgIpc) is 2.23. The Hall–Kier alpha value is -1.61. The van der Waals surface area contributed by atoms with Crippen molar-refractivity contribution in [2.45, 2.75) is 0 Å². The van der Waals surface area contributed by atoms with Gasteiger partial charge >= 0.3 is 0 Å². The van der Waals surface area contributed by atoms with Gasteiger partial charge in [0.1, 0.15) is 0 Å². The molecule has 2 rings (SSSR count). The fourth-order valence-corrected chi connectivity index (χ4v) is 1.54. The fraction of sp³-hybridized carbons (Fsp3) is 0. The minimum Gasteiger partial charge on any atom is -0.328 e. The van der Waals surface area contributed by atoms with Gasteiger partial charge in [-0.2, -0.15) is 0 Å². The lowest BCUT2D eigenvalue weighted by molar-refractivity contribution is -0.105. The van der Waals surface area contributed by atoms with Gasteiger partial charge in [-0.05, 0) is 24.3 Å². The van der Waals surface area contributed by atoms with E-state index in [0.717, 1.165) is 5.39 Å². The van der Waals surface area contributed by atoms with Crippen LogP contribution in [-0.4, -0.2) is 11.4 Å². The third-order valence-electron chi connectivity index (χ3n) is 1.93. The van der Waals surface area contributed by atoms with E-state index in [9.17, 15) is 4.79 Å². The molecule has 0 aliphatic rings.